The van der Waals surface area contributed by atoms with Gasteiger partial charge in [-0.15, -0.1) is 5.10 Å². The van der Waals surface area contributed by atoms with E-state index in [-0.39, 0.29) is 12.1 Å². The Kier molecular flexibility index (Phi) is 6.31. The molecule has 0 unspecified atom stereocenters. The van der Waals surface area contributed by atoms with Crippen LogP contribution in [0.3, 0.4) is 0 Å². The number of hydrogen-bond donors (Lipinski definition) is 0. The molecule has 2 aliphatic rings. The van der Waals surface area contributed by atoms with Crippen LogP contribution >= 0.6 is 0 Å². The monoisotopic (exact) mass is 434 g/mol. The molecule has 2 atom stereocenters. The molecule has 0 aliphatic carbocycles. The lowest BCUT2D eigenvalue weighted by molar-refractivity contribution is 0.0906. The molecular weight excluding hydrogens is 404 g/mol. The average molecular weight is 435 g/mol. The third kappa shape index (κ3) is 4.33. The van der Waals surface area contributed by atoms with Gasteiger partial charge in [0.05, 0.1) is 19.8 Å². The topological polar surface area (TPSA) is 68.5 Å². The first kappa shape index (κ1) is 20.9. The number of rotatable bonds is 7. The molecule has 2 fully saturated rings. The Morgan fingerprint density at radius 2 is 1.81 bits per heavy atom. The Bertz CT molecular complexity index is 996. The van der Waals surface area contributed by atoms with E-state index in [2.05, 4.69) is 67.8 Å². The normalized spacial score (nSPS) is 20.4. The predicted octanol–water partition coefficient (Wildman–Crippen LogP) is 2.77. The zero-order valence-electron chi connectivity index (χ0n) is 18.5. The van der Waals surface area contributed by atoms with E-state index in [0.717, 1.165) is 62.8 Å². The molecule has 0 bridgehead atoms. The Labute approximate surface area is 188 Å². The number of ether oxygens (including phenoxy) is 2. The predicted molar refractivity (Wildman–Crippen MR) is 122 cm³/mol. The molecule has 0 radical (unpaired) electrons. The fourth-order valence-electron chi connectivity index (χ4n) is 4.79. The molecule has 8 heteroatoms. The maximum atomic E-state index is 5.86. The maximum absolute atomic E-state index is 5.86. The summed E-state index contributed by atoms with van der Waals surface area (Å²) in [6, 6.07) is 18.7. The van der Waals surface area contributed by atoms with Crippen molar-refractivity contribution in [3.05, 3.63) is 66.0 Å². The first-order chi connectivity index (χ1) is 15.8. The van der Waals surface area contributed by atoms with Gasteiger partial charge >= 0.3 is 0 Å². The average Bonchev–Trinajstić information content (AvgIpc) is 3.54. The van der Waals surface area contributed by atoms with E-state index in [1.165, 1.54) is 5.69 Å². The highest BCUT2D eigenvalue weighted by Gasteiger charge is 2.33. The molecule has 1 aromatic heterocycles. The van der Waals surface area contributed by atoms with Crippen molar-refractivity contribution in [2.45, 2.75) is 31.5 Å². The minimum absolute atomic E-state index is 0.0829. The van der Waals surface area contributed by atoms with E-state index in [1.54, 1.807) is 7.11 Å². The number of benzene rings is 2. The summed E-state index contributed by atoms with van der Waals surface area (Å²) in [5.41, 5.74) is 2.36. The van der Waals surface area contributed by atoms with Crippen molar-refractivity contribution < 1.29 is 9.47 Å². The van der Waals surface area contributed by atoms with Gasteiger partial charge in [0.15, 0.2) is 5.82 Å². The molecular formula is C24H30N6O2. The van der Waals surface area contributed by atoms with E-state index in [4.69, 9.17) is 9.47 Å². The molecule has 32 heavy (non-hydrogen) atoms. The van der Waals surface area contributed by atoms with Gasteiger partial charge in [0.1, 0.15) is 11.8 Å². The number of hydrogen-bond acceptors (Lipinski definition) is 7. The van der Waals surface area contributed by atoms with Crippen LogP contribution in [0.15, 0.2) is 54.6 Å². The molecule has 168 valence electrons. The van der Waals surface area contributed by atoms with Crippen LogP contribution in [0.25, 0.3) is 0 Å². The summed E-state index contributed by atoms with van der Waals surface area (Å²) in [5, 5.41) is 12.9. The van der Waals surface area contributed by atoms with Gasteiger partial charge in [0.2, 0.25) is 0 Å². The van der Waals surface area contributed by atoms with Crippen LogP contribution in [0.1, 0.15) is 30.3 Å². The molecule has 0 amide bonds. The van der Waals surface area contributed by atoms with Crippen LogP contribution in [-0.2, 0) is 11.3 Å². The van der Waals surface area contributed by atoms with Gasteiger partial charge in [-0.2, -0.15) is 0 Å². The molecule has 5 rings (SSSR count). The van der Waals surface area contributed by atoms with Crippen molar-refractivity contribution in [2.75, 3.05) is 44.8 Å². The number of tetrazole rings is 1. The van der Waals surface area contributed by atoms with E-state index < -0.39 is 0 Å². The molecule has 3 heterocycles. The molecule has 8 nitrogen and oxygen atoms in total. The Hall–Kier alpha value is -2.97. The Morgan fingerprint density at radius 1 is 1.03 bits per heavy atom. The summed E-state index contributed by atoms with van der Waals surface area (Å²) in [4.78, 5) is 4.90. The zero-order valence-corrected chi connectivity index (χ0v) is 18.5. The highest BCUT2D eigenvalue weighted by molar-refractivity contribution is 5.46. The quantitative estimate of drug-likeness (QED) is 0.566. The van der Waals surface area contributed by atoms with E-state index in [1.807, 2.05) is 16.8 Å². The van der Waals surface area contributed by atoms with Crippen molar-refractivity contribution in [3.63, 3.8) is 0 Å². The van der Waals surface area contributed by atoms with Gasteiger partial charge in [-0.1, -0.05) is 36.4 Å². The number of para-hydroxylation sites is 2. The summed E-state index contributed by atoms with van der Waals surface area (Å²) in [6.07, 6.45) is 2.32. The minimum atomic E-state index is -0.0829. The smallest absolute Gasteiger partial charge is 0.173 e. The molecule has 2 aliphatic heterocycles. The SMILES string of the molecule is COc1ccccc1[C@H](c1nnnn1C[C@H]1CCCO1)N1CCN(c2ccccc2)CC1. The fraction of sp³-hybridized carbons (Fsp3) is 0.458. The second-order valence-corrected chi connectivity index (χ2v) is 8.36. The highest BCUT2D eigenvalue weighted by Crippen LogP contribution is 2.35. The lowest BCUT2D eigenvalue weighted by atomic mass is 10.0. The molecule has 0 N–H and O–H groups in total. The van der Waals surface area contributed by atoms with Crippen LogP contribution in [0.2, 0.25) is 0 Å². The number of aromatic nitrogens is 4. The van der Waals surface area contributed by atoms with Crippen LogP contribution in [0, 0.1) is 0 Å². The van der Waals surface area contributed by atoms with Crippen LogP contribution in [0.4, 0.5) is 5.69 Å². The summed E-state index contributed by atoms with van der Waals surface area (Å²) in [6.45, 7) is 5.21. The molecule has 2 aromatic carbocycles. The third-order valence-corrected chi connectivity index (χ3v) is 6.44. The molecule has 2 saturated heterocycles. The van der Waals surface area contributed by atoms with E-state index in [9.17, 15) is 0 Å². The number of anilines is 1. The van der Waals surface area contributed by atoms with Gasteiger partial charge in [0, 0.05) is 44.0 Å². The summed E-state index contributed by atoms with van der Waals surface area (Å²) < 4.78 is 13.5. The molecule has 0 saturated carbocycles. The third-order valence-electron chi connectivity index (χ3n) is 6.44. The van der Waals surface area contributed by atoms with Gasteiger partial charge in [0.25, 0.3) is 0 Å². The van der Waals surface area contributed by atoms with E-state index >= 15 is 0 Å². The summed E-state index contributed by atoms with van der Waals surface area (Å²) >= 11 is 0. The Morgan fingerprint density at radius 3 is 2.56 bits per heavy atom. The number of methoxy groups -OCH3 is 1. The second-order valence-electron chi connectivity index (χ2n) is 8.36. The first-order valence-electron chi connectivity index (χ1n) is 11.4. The largest absolute Gasteiger partial charge is 0.496 e. The minimum Gasteiger partial charge on any atom is -0.496 e. The van der Waals surface area contributed by atoms with Crippen molar-refractivity contribution in [3.8, 4) is 5.75 Å². The van der Waals surface area contributed by atoms with Gasteiger partial charge in [-0.25, -0.2) is 4.68 Å². The standard InChI is InChI=1S/C24H30N6O2/c1-31-22-12-6-5-11-21(22)23(24-25-26-27-30(24)18-20-10-7-17-32-20)29-15-13-28(14-16-29)19-8-3-2-4-9-19/h2-6,8-9,11-12,20,23H,7,10,13-18H2,1H3/t20-,23-/m1/s1. The number of piperazine rings is 1. The lowest BCUT2D eigenvalue weighted by Gasteiger charge is -2.40. The summed E-state index contributed by atoms with van der Waals surface area (Å²) in [5.74, 6) is 1.70. The van der Waals surface area contributed by atoms with Crippen molar-refractivity contribution in [2.24, 2.45) is 0 Å². The van der Waals surface area contributed by atoms with Crippen molar-refractivity contribution >= 4 is 5.69 Å². The number of nitrogens with zero attached hydrogens (tertiary/aromatic N) is 6. The lowest BCUT2D eigenvalue weighted by Crippen LogP contribution is -2.48. The molecule has 3 aromatic rings. The Balaban J connectivity index is 1.43. The zero-order chi connectivity index (χ0) is 21.8. The first-order valence-corrected chi connectivity index (χ1v) is 11.4. The fourth-order valence-corrected chi connectivity index (χ4v) is 4.79. The van der Waals surface area contributed by atoms with Crippen molar-refractivity contribution in [1.82, 2.24) is 25.1 Å². The molecule has 0 spiro atoms. The van der Waals surface area contributed by atoms with Gasteiger partial charge in [-0.3, -0.25) is 4.90 Å². The maximum Gasteiger partial charge on any atom is 0.173 e. The van der Waals surface area contributed by atoms with Gasteiger partial charge < -0.3 is 14.4 Å². The van der Waals surface area contributed by atoms with Crippen LogP contribution < -0.4 is 9.64 Å². The second kappa shape index (κ2) is 9.67. The van der Waals surface area contributed by atoms with Crippen LogP contribution in [0.5, 0.6) is 5.75 Å². The van der Waals surface area contributed by atoms with Crippen LogP contribution in [-0.4, -0.2) is 71.1 Å². The van der Waals surface area contributed by atoms with Crippen molar-refractivity contribution in [1.29, 1.82) is 0 Å². The van der Waals surface area contributed by atoms with Gasteiger partial charge in [-0.05, 0) is 41.5 Å². The summed E-state index contributed by atoms with van der Waals surface area (Å²) in [7, 11) is 1.72. The highest BCUT2D eigenvalue weighted by atomic mass is 16.5. The van der Waals surface area contributed by atoms with E-state index in [0.29, 0.717) is 6.54 Å².